The second-order valence-corrected chi connectivity index (χ2v) is 3.11. The molecule has 0 atom stereocenters. The average molecular weight is 181 g/mol. The standard InChI is InChI=1S/C10H15NO2/c1-7-9(12)5-4-8(10(7)13)3-2-6-11/h4-5,12-13H,2-3,6,11H2,1H3. The molecule has 0 bridgehead atoms. The number of phenols is 2. The van der Waals surface area contributed by atoms with Crippen LogP contribution in [-0.2, 0) is 6.42 Å². The van der Waals surface area contributed by atoms with E-state index in [-0.39, 0.29) is 11.5 Å². The van der Waals surface area contributed by atoms with Gasteiger partial charge < -0.3 is 15.9 Å². The molecule has 0 heterocycles. The van der Waals surface area contributed by atoms with Crippen molar-refractivity contribution in [2.75, 3.05) is 6.54 Å². The maximum absolute atomic E-state index is 9.60. The number of hydrogen-bond donors (Lipinski definition) is 3. The summed E-state index contributed by atoms with van der Waals surface area (Å²) in [4.78, 5) is 0. The number of nitrogens with two attached hydrogens (primary N) is 1. The Hall–Kier alpha value is -1.22. The second-order valence-electron chi connectivity index (χ2n) is 3.11. The fourth-order valence-electron chi connectivity index (χ4n) is 1.24. The van der Waals surface area contributed by atoms with E-state index in [4.69, 9.17) is 5.73 Å². The van der Waals surface area contributed by atoms with Crippen LogP contribution in [-0.4, -0.2) is 16.8 Å². The third-order valence-electron chi connectivity index (χ3n) is 2.14. The Balaban J connectivity index is 2.90. The number of aryl methyl sites for hydroxylation is 1. The molecule has 72 valence electrons. The van der Waals surface area contributed by atoms with E-state index in [1.54, 1.807) is 19.1 Å². The van der Waals surface area contributed by atoms with E-state index in [9.17, 15) is 10.2 Å². The van der Waals surface area contributed by atoms with Crippen LogP contribution in [0.25, 0.3) is 0 Å². The predicted molar refractivity (Wildman–Crippen MR) is 51.9 cm³/mol. The van der Waals surface area contributed by atoms with Crippen molar-refractivity contribution in [1.82, 2.24) is 0 Å². The zero-order valence-corrected chi connectivity index (χ0v) is 7.75. The molecule has 0 saturated carbocycles. The van der Waals surface area contributed by atoms with E-state index in [1.807, 2.05) is 0 Å². The van der Waals surface area contributed by atoms with Gasteiger partial charge in [0.2, 0.25) is 0 Å². The van der Waals surface area contributed by atoms with Crippen molar-refractivity contribution in [3.8, 4) is 11.5 Å². The lowest BCUT2D eigenvalue weighted by molar-refractivity contribution is 0.438. The predicted octanol–water partition coefficient (Wildman–Crippen LogP) is 1.30. The van der Waals surface area contributed by atoms with Gasteiger partial charge in [0.1, 0.15) is 11.5 Å². The molecule has 0 aromatic heterocycles. The molecule has 0 aliphatic carbocycles. The molecule has 3 nitrogen and oxygen atoms in total. The summed E-state index contributed by atoms with van der Waals surface area (Å²) in [5.74, 6) is 0.322. The van der Waals surface area contributed by atoms with E-state index < -0.39 is 0 Å². The maximum Gasteiger partial charge on any atom is 0.125 e. The molecular formula is C10H15NO2. The van der Waals surface area contributed by atoms with Crippen LogP contribution in [0, 0.1) is 6.92 Å². The Bertz CT molecular complexity index is 297. The van der Waals surface area contributed by atoms with Gasteiger partial charge >= 0.3 is 0 Å². The Kier molecular flexibility index (Phi) is 3.14. The lowest BCUT2D eigenvalue weighted by Crippen LogP contribution is -2.00. The molecule has 0 aliphatic heterocycles. The molecule has 0 spiro atoms. The molecule has 1 aromatic carbocycles. The lowest BCUT2D eigenvalue weighted by Gasteiger charge is -2.07. The Labute approximate surface area is 77.8 Å². The zero-order chi connectivity index (χ0) is 9.84. The summed E-state index contributed by atoms with van der Waals surface area (Å²) in [5, 5.41) is 18.9. The van der Waals surface area contributed by atoms with Crippen LogP contribution in [0.3, 0.4) is 0 Å². The van der Waals surface area contributed by atoms with Crippen LogP contribution >= 0.6 is 0 Å². The first kappa shape index (κ1) is 9.86. The van der Waals surface area contributed by atoms with Gasteiger partial charge in [0.05, 0.1) is 0 Å². The van der Waals surface area contributed by atoms with Crippen molar-refractivity contribution in [2.45, 2.75) is 19.8 Å². The number of rotatable bonds is 3. The Morgan fingerprint density at radius 2 is 2.00 bits per heavy atom. The van der Waals surface area contributed by atoms with E-state index in [0.717, 1.165) is 18.4 Å². The van der Waals surface area contributed by atoms with Gasteiger partial charge in [-0.1, -0.05) is 6.07 Å². The van der Waals surface area contributed by atoms with Gasteiger partial charge in [0.15, 0.2) is 0 Å². The first-order valence-electron chi connectivity index (χ1n) is 4.37. The molecule has 1 rings (SSSR count). The van der Waals surface area contributed by atoms with Gasteiger partial charge in [-0.2, -0.15) is 0 Å². The molecule has 13 heavy (non-hydrogen) atoms. The van der Waals surface area contributed by atoms with Crippen molar-refractivity contribution in [3.05, 3.63) is 23.3 Å². The Morgan fingerprint density at radius 1 is 1.31 bits per heavy atom. The minimum absolute atomic E-state index is 0.133. The molecule has 0 fully saturated rings. The monoisotopic (exact) mass is 181 g/mol. The van der Waals surface area contributed by atoms with Crippen LogP contribution < -0.4 is 5.73 Å². The Morgan fingerprint density at radius 3 is 2.62 bits per heavy atom. The van der Waals surface area contributed by atoms with Crippen LogP contribution in [0.4, 0.5) is 0 Å². The minimum Gasteiger partial charge on any atom is -0.508 e. The quantitative estimate of drug-likeness (QED) is 0.658. The van der Waals surface area contributed by atoms with Crippen LogP contribution in [0.2, 0.25) is 0 Å². The third-order valence-corrected chi connectivity index (χ3v) is 2.14. The lowest BCUT2D eigenvalue weighted by atomic mass is 10.0. The number of phenolic OH excluding ortho intramolecular Hbond substituents is 2. The van der Waals surface area contributed by atoms with Gasteiger partial charge in [-0.25, -0.2) is 0 Å². The molecule has 0 amide bonds. The topological polar surface area (TPSA) is 66.5 Å². The van der Waals surface area contributed by atoms with E-state index in [0.29, 0.717) is 12.1 Å². The average Bonchev–Trinajstić information content (AvgIpc) is 2.13. The van der Waals surface area contributed by atoms with Gasteiger partial charge in [0.25, 0.3) is 0 Å². The molecular weight excluding hydrogens is 166 g/mol. The van der Waals surface area contributed by atoms with Crippen molar-refractivity contribution in [2.24, 2.45) is 5.73 Å². The highest BCUT2D eigenvalue weighted by molar-refractivity contribution is 5.47. The minimum atomic E-state index is 0.133. The zero-order valence-electron chi connectivity index (χ0n) is 7.75. The molecule has 1 aromatic rings. The summed E-state index contributed by atoms with van der Waals surface area (Å²) in [7, 11) is 0. The second kappa shape index (κ2) is 4.14. The van der Waals surface area contributed by atoms with E-state index >= 15 is 0 Å². The normalized spacial score (nSPS) is 10.3. The SMILES string of the molecule is Cc1c(O)ccc(CCCN)c1O. The fourth-order valence-corrected chi connectivity index (χ4v) is 1.24. The first-order chi connectivity index (χ1) is 6.16. The first-order valence-corrected chi connectivity index (χ1v) is 4.37. The molecule has 0 radical (unpaired) electrons. The number of hydrogen-bond acceptors (Lipinski definition) is 3. The highest BCUT2D eigenvalue weighted by atomic mass is 16.3. The van der Waals surface area contributed by atoms with Crippen molar-refractivity contribution in [3.63, 3.8) is 0 Å². The molecule has 0 aliphatic rings. The van der Waals surface area contributed by atoms with Crippen molar-refractivity contribution >= 4 is 0 Å². The largest absolute Gasteiger partial charge is 0.508 e. The van der Waals surface area contributed by atoms with E-state index in [2.05, 4.69) is 0 Å². The van der Waals surface area contributed by atoms with Gasteiger partial charge in [-0.15, -0.1) is 0 Å². The van der Waals surface area contributed by atoms with Gasteiger partial charge in [-0.05, 0) is 37.9 Å². The van der Waals surface area contributed by atoms with Crippen molar-refractivity contribution in [1.29, 1.82) is 0 Å². The molecule has 4 N–H and O–H groups in total. The summed E-state index contributed by atoms with van der Waals surface area (Å²) >= 11 is 0. The highest BCUT2D eigenvalue weighted by Gasteiger charge is 2.06. The summed E-state index contributed by atoms with van der Waals surface area (Å²) < 4.78 is 0. The van der Waals surface area contributed by atoms with Gasteiger partial charge in [-0.3, -0.25) is 0 Å². The fraction of sp³-hybridized carbons (Fsp3) is 0.400. The molecule has 3 heteroatoms. The maximum atomic E-state index is 9.60. The van der Waals surface area contributed by atoms with Crippen LogP contribution in [0.1, 0.15) is 17.5 Å². The molecule has 0 saturated heterocycles. The summed E-state index contributed by atoms with van der Waals surface area (Å²) in [6.45, 7) is 2.30. The smallest absolute Gasteiger partial charge is 0.125 e. The van der Waals surface area contributed by atoms with Crippen molar-refractivity contribution < 1.29 is 10.2 Å². The number of benzene rings is 1. The third kappa shape index (κ3) is 2.12. The van der Waals surface area contributed by atoms with Crippen LogP contribution in [0.5, 0.6) is 11.5 Å². The summed E-state index contributed by atoms with van der Waals surface area (Å²) in [6, 6.07) is 3.33. The summed E-state index contributed by atoms with van der Waals surface area (Å²) in [5.41, 5.74) is 6.75. The van der Waals surface area contributed by atoms with Gasteiger partial charge in [0, 0.05) is 5.56 Å². The number of aromatic hydroxyl groups is 2. The highest BCUT2D eigenvalue weighted by Crippen LogP contribution is 2.29. The summed E-state index contributed by atoms with van der Waals surface area (Å²) in [6.07, 6.45) is 1.60. The van der Waals surface area contributed by atoms with Crippen LogP contribution in [0.15, 0.2) is 12.1 Å². The molecule has 0 unspecified atom stereocenters. The van der Waals surface area contributed by atoms with E-state index in [1.165, 1.54) is 0 Å².